The van der Waals surface area contributed by atoms with E-state index in [1.54, 1.807) is 54.6 Å². The second kappa shape index (κ2) is 6.40. The molecule has 0 aliphatic carbocycles. The number of amides is 2. The van der Waals surface area contributed by atoms with E-state index in [2.05, 4.69) is 0 Å². The third kappa shape index (κ3) is 3.21. The van der Waals surface area contributed by atoms with Crippen molar-refractivity contribution in [2.24, 2.45) is 0 Å². The molecular formula is C17H10ClNO3S. The highest BCUT2D eigenvalue weighted by atomic mass is 35.5. The maximum Gasteiger partial charge on any atom is 0.298 e. The van der Waals surface area contributed by atoms with Crippen molar-refractivity contribution in [2.75, 3.05) is 4.90 Å². The molecule has 1 aliphatic rings. The summed E-state index contributed by atoms with van der Waals surface area (Å²) in [5, 5.41) is 0.180. The fourth-order valence-electron chi connectivity index (χ4n) is 2.10. The summed E-state index contributed by atoms with van der Waals surface area (Å²) in [5.41, 5.74) is 1.78. The van der Waals surface area contributed by atoms with Gasteiger partial charge in [0.2, 0.25) is 0 Å². The number of imide groups is 1. The summed E-state index contributed by atoms with van der Waals surface area (Å²) in [6, 6.07) is 13.3. The van der Waals surface area contributed by atoms with Crippen molar-refractivity contribution in [2.45, 2.75) is 0 Å². The Bertz CT molecular complexity index is 813. The minimum atomic E-state index is -0.373. The van der Waals surface area contributed by atoms with Crippen LogP contribution in [0.25, 0.3) is 6.08 Å². The van der Waals surface area contributed by atoms with E-state index >= 15 is 0 Å². The third-order valence-electron chi connectivity index (χ3n) is 3.25. The number of carbonyl (C=O) groups is 3. The van der Waals surface area contributed by atoms with Gasteiger partial charge in [0, 0.05) is 10.6 Å². The molecule has 6 heteroatoms. The first-order valence-corrected chi connectivity index (χ1v) is 7.87. The largest absolute Gasteiger partial charge is 0.298 e. The normalized spacial score (nSPS) is 16.2. The summed E-state index contributed by atoms with van der Waals surface area (Å²) in [4.78, 5) is 36.7. The topological polar surface area (TPSA) is 54.5 Å². The van der Waals surface area contributed by atoms with Gasteiger partial charge in [0.25, 0.3) is 11.1 Å². The predicted octanol–water partition coefficient (Wildman–Crippen LogP) is 4.39. The average molecular weight is 344 g/mol. The third-order valence-corrected chi connectivity index (χ3v) is 4.37. The molecule has 2 aromatic carbocycles. The van der Waals surface area contributed by atoms with Crippen LogP contribution in [0.2, 0.25) is 5.02 Å². The van der Waals surface area contributed by atoms with Gasteiger partial charge in [-0.25, -0.2) is 4.90 Å². The monoisotopic (exact) mass is 343 g/mol. The number of hydrogen-bond donors (Lipinski definition) is 0. The van der Waals surface area contributed by atoms with Crippen LogP contribution >= 0.6 is 23.4 Å². The Hall–Kier alpha value is -2.37. The molecule has 0 N–H and O–H groups in total. The van der Waals surface area contributed by atoms with Crippen LogP contribution in [0.3, 0.4) is 0 Å². The van der Waals surface area contributed by atoms with Gasteiger partial charge in [-0.05, 0) is 47.7 Å². The molecule has 1 heterocycles. The molecule has 0 unspecified atom stereocenters. The molecule has 1 fully saturated rings. The van der Waals surface area contributed by atoms with Crippen LogP contribution in [0.15, 0.2) is 53.4 Å². The fraction of sp³-hybridized carbons (Fsp3) is 0. The van der Waals surface area contributed by atoms with Crippen LogP contribution in [0, 0.1) is 0 Å². The fourth-order valence-corrected chi connectivity index (χ4v) is 3.07. The Morgan fingerprint density at radius 2 is 1.52 bits per heavy atom. The number of thioether (sulfide) groups is 1. The highest BCUT2D eigenvalue weighted by Crippen LogP contribution is 2.36. The van der Waals surface area contributed by atoms with E-state index in [0.717, 1.165) is 28.5 Å². The maximum atomic E-state index is 12.5. The lowest BCUT2D eigenvalue weighted by molar-refractivity contribution is -0.113. The minimum absolute atomic E-state index is 0.337. The van der Waals surface area contributed by atoms with Crippen LogP contribution in [0.1, 0.15) is 15.9 Å². The van der Waals surface area contributed by atoms with Crippen molar-refractivity contribution in [3.63, 3.8) is 0 Å². The van der Waals surface area contributed by atoms with E-state index in [0.29, 0.717) is 21.2 Å². The summed E-state index contributed by atoms with van der Waals surface area (Å²) in [5.74, 6) is -0.373. The first kappa shape index (κ1) is 15.5. The number of halogens is 1. The number of benzene rings is 2. The van der Waals surface area contributed by atoms with Crippen molar-refractivity contribution < 1.29 is 14.4 Å². The van der Waals surface area contributed by atoms with Crippen molar-refractivity contribution >= 4 is 52.6 Å². The SMILES string of the molecule is O=Cc1ccc(/C=C2\SC(=O)N(c3ccc(Cl)cc3)C2=O)cc1. The molecule has 114 valence electrons. The molecule has 0 radical (unpaired) electrons. The van der Waals surface area contributed by atoms with Crippen LogP contribution in [-0.2, 0) is 4.79 Å². The van der Waals surface area contributed by atoms with Crippen molar-refractivity contribution in [3.05, 3.63) is 69.6 Å². The Labute approximate surface area is 141 Å². The van der Waals surface area contributed by atoms with Gasteiger partial charge < -0.3 is 0 Å². The molecule has 0 saturated carbocycles. The molecule has 0 bridgehead atoms. The molecule has 1 saturated heterocycles. The second-order valence-corrected chi connectivity index (χ2v) is 6.21. The number of hydrogen-bond acceptors (Lipinski definition) is 4. The molecule has 0 atom stereocenters. The Morgan fingerprint density at radius 3 is 2.13 bits per heavy atom. The van der Waals surface area contributed by atoms with E-state index < -0.39 is 0 Å². The molecule has 0 spiro atoms. The van der Waals surface area contributed by atoms with Gasteiger partial charge in [0.1, 0.15) is 6.29 Å². The number of anilines is 1. The molecule has 1 aliphatic heterocycles. The van der Waals surface area contributed by atoms with E-state index in [4.69, 9.17) is 11.6 Å². The standard InChI is InChI=1S/C17H10ClNO3S/c18-13-5-7-14(8-6-13)19-16(21)15(23-17(19)22)9-11-1-3-12(10-20)4-2-11/h1-10H/b15-9-. The van der Waals surface area contributed by atoms with Crippen molar-refractivity contribution in [3.8, 4) is 0 Å². The van der Waals surface area contributed by atoms with Crippen LogP contribution in [0.4, 0.5) is 10.5 Å². The molecule has 2 amide bonds. The van der Waals surface area contributed by atoms with Crippen molar-refractivity contribution in [1.29, 1.82) is 0 Å². The van der Waals surface area contributed by atoms with Crippen LogP contribution in [-0.4, -0.2) is 17.4 Å². The van der Waals surface area contributed by atoms with Crippen LogP contribution < -0.4 is 4.90 Å². The number of carbonyl (C=O) groups excluding carboxylic acids is 3. The van der Waals surface area contributed by atoms with Gasteiger partial charge in [-0.2, -0.15) is 0 Å². The van der Waals surface area contributed by atoms with Gasteiger partial charge >= 0.3 is 0 Å². The highest BCUT2D eigenvalue weighted by Gasteiger charge is 2.36. The van der Waals surface area contributed by atoms with Gasteiger partial charge in [0.05, 0.1) is 10.6 Å². The van der Waals surface area contributed by atoms with Crippen molar-refractivity contribution in [1.82, 2.24) is 0 Å². The van der Waals surface area contributed by atoms with Crippen LogP contribution in [0.5, 0.6) is 0 Å². The average Bonchev–Trinajstić information content (AvgIpc) is 2.83. The molecule has 23 heavy (non-hydrogen) atoms. The first-order chi connectivity index (χ1) is 11.1. The van der Waals surface area contributed by atoms with E-state index in [1.807, 2.05) is 0 Å². The zero-order valence-corrected chi connectivity index (χ0v) is 13.3. The van der Waals surface area contributed by atoms with E-state index in [1.165, 1.54) is 0 Å². The zero-order chi connectivity index (χ0) is 16.4. The lowest BCUT2D eigenvalue weighted by Crippen LogP contribution is -2.27. The molecule has 3 rings (SSSR count). The number of nitrogens with zero attached hydrogens (tertiary/aromatic N) is 1. The molecule has 0 aromatic heterocycles. The summed E-state index contributed by atoms with van der Waals surface area (Å²) in [6.45, 7) is 0. The smallest absolute Gasteiger partial charge is 0.298 e. The van der Waals surface area contributed by atoms with Gasteiger partial charge in [0.15, 0.2) is 0 Å². The lowest BCUT2D eigenvalue weighted by Gasteiger charge is -2.12. The summed E-state index contributed by atoms with van der Waals surface area (Å²) >= 11 is 6.70. The summed E-state index contributed by atoms with van der Waals surface area (Å²) in [6.07, 6.45) is 2.38. The zero-order valence-electron chi connectivity index (χ0n) is 11.7. The lowest BCUT2D eigenvalue weighted by atomic mass is 10.1. The van der Waals surface area contributed by atoms with Gasteiger partial charge in [-0.15, -0.1) is 0 Å². The Balaban J connectivity index is 1.89. The predicted molar refractivity (Wildman–Crippen MR) is 91.7 cm³/mol. The summed E-state index contributed by atoms with van der Waals surface area (Å²) < 4.78 is 0. The second-order valence-electron chi connectivity index (χ2n) is 4.78. The van der Waals surface area contributed by atoms with E-state index in [9.17, 15) is 14.4 Å². The highest BCUT2D eigenvalue weighted by molar-refractivity contribution is 8.19. The molecular weight excluding hydrogens is 334 g/mol. The van der Waals surface area contributed by atoms with E-state index in [-0.39, 0.29) is 11.1 Å². The molecule has 2 aromatic rings. The Kier molecular flexibility index (Phi) is 4.32. The Morgan fingerprint density at radius 1 is 0.913 bits per heavy atom. The van der Waals surface area contributed by atoms with Gasteiger partial charge in [-0.3, -0.25) is 14.4 Å². The first-order valence-electron chi connectivity index (χ1n) is 6.67. The minimum Gasteiger partial charge on any atom is -0.298 e. The summed E-state index contributed by atoms with van der Waals surface area (Å²) in [7, 11) is 0. The quantitative estimate of drug-likeness (QED) is 0.612. The molecule has 4 nitrogen and oxygen atoms in total. The maximum absolute atomic E-state index is 12.5. The number of rotatable bonds is 3. The van der Waals surface area contributed by atoms with Gasteiger partial charge in [-0.1, -0.05) is 35.9 Å². The number of aldehydes is 1.